The predicted octanol–water partition coefficient (Wildman–Crippen LogP) is 2.51. The molecule has 0 aromatic carbocycles. The zero-order valence-corrected chi connectivity index (χ0v) is 10.2. The van der Waals surface area contributed by atoms with Crippen molar-refractivity contribution in [3.05, 3.63) is 0 Å². The Morgan fingerprint density at radius 2 is 1.81 bits per heavy atom. The smallest absolute Gasteiger partial charge is 0.317 e. The van der Waals surface area contributed by atoms with Crippen molar-refractivity contribution >= 4 is 5.97 Å². The van der Waals surface area contributed by atoms with Crippen LogP contribution in [0.2, 0.25) is 0 Å². The van der Waals surface area contributed by atoms with Crippen LogP contribution < -0.4 is 0 Å². The molecule has 1 N–H and O–H groups in total. The summed E-state index contributed by atoms with van der Waals surface area (Å²) in [7, 11) is 1.95. The number of hydrogen-bond donors (Lipinski definition) is 1. The molecule has 3 heteroatoms. The van der Waals surface area contributed by atoms with E-state index in [1.165, 1.54) is 51.4 Å². The summed E-state index contributed by atoms with van der Waals surface area (Å²) in [5, 5.41) is 8.78. The number of carboxylic acid groups (broad SMARTS) is 1. The topological polar surface area (TPSA) is 40.5 Å². The number of hydrogen-bond acceptors (Lipinski definition) is 2. The fraction of sp³-hybridized carbons (Fsp3) is 0.923. The first-order valence-corrected chi connectivity index (χ1v) is 6.53. The first-order chi connectivity index (χ1) is 7.61. The number of rotatable bonds is 3. The van der Waals surface area contributed by atoms with Crippen molar-refractivity contribution < 1.29 is 9.90 Å². The van der Waals surface area contributed by atoms with Gasteiger partial charge in [0.05, 0.1) is 6.54 Å². The second-order valence-corrected chi connectivity index (χ2v) is 5.75. The van der Waals surface area contributed by atoms with Gasteiger partial charge < -0.3 is 5.11 Å². The van der Waals surface area contributed by atoms with E-state index in [4.69, 9.17) is 5.11 Å². The first-order valence-electron chi connectivity index (χ1n) is 6.53. The van der Waals surface area contributed by atoms with Crippen LogP contribution in [0.3, 0.4) is 0 Å². The van der Waals surface area contributed by atoms with Crippen LogP contribution >= 0.6 is 0 Å². The van der Waals surface area contributed by atoms with E-state index in [-0.39, 0.29) is 6.54 Å². The fourth-order valence-electron chi connectivity index (χ4n) is 3.62. The van der Waals surface area contributed by atoms with E-state index in [2.05, 4.69) is 0 Å². The Balaban J connectivity index is 1.82. The van der Waals surface area contributed by atoms with Gasteiger partial charge in [-0.1, -0.05) is 12.8 Å². The highest BCUT2D eigenvalue weighted by molar-refractivity contribution is 5.69. The molecule has 0 unspecified atom stereocenters. The summed E-state index contributed by atoms with van der Waals surface area (Å²) in [6, 6.07) is 0.502. The van der Waals surface area contributed by atoms with Crippen LogP contribution in [0.25, 0.3) is 0 Å². The number of nitrogens with zero attached hydrogens (tertiary/aromatic N) is 1. The van der Waals surface area contributed by atoms with Crippen LogP contribution in [-0.2, 0) is 4.79 Å². The third kappa shape index (κ3) is 2.57. The summed E-state index contributed by atoms with van der Waals surface area (Å²) in [5.41, 5.74) is 0.653. The van der Waals surface area contributed by atoms with Crippen molar-refractivity contribution in [3.63, 3.8) is 0 Å². The number of carbonyl (C=O) groups is 1. The molecular weight excluding hydrogens is 202 g/mol. The van der Waals surface area contributed by atoms with Crippen molar-refractivity contribution in [1.82, 2.24) is 4.90 Å². The zero-order chi connectivity index (χ0) is 11.6. The maximum atomic E-state index is 10.7. The van der Waals surface area contributed by atoms with E-state index >= 15 is 0 Å². The monoisotopic (exact) mass is 225 g/mol. The van der Waals surface area contributed by atoms with Gasteiger partial charge in [0.25, 0.3) is 0 Å². The van der Waals surface area contributed by atoms with Crippen molar-refractivity contribution in [2.24, 2.45) is 5.41 Å². The number of likely N-dealkylation sites (N-methyl/N-ethyl adjacent to an activating group) is 1. The lowest BCUT2D eigenvalue weighted by atomic mass is 9.71. The second kappa shape index (κ2) is 4.74. The van der Waals surface area contributed by atoms with Crippen LogP contribution in [-0.4, -0.2) is 35.6 Å². The molecule has 0 radical (unpaired) electrons. The van der Waals surface area contributed by atoms with Crippen LogP contribution in [0, 0.1) is 5.41 Å². The summed E-state index contributed by atoms with van der Waals surface area (Å²) in [4.78, 5) is 12.7. The molecule has 2 rings (SSSR count). The van der Waals surface area contributed by atoms with Crippen LogP contribution in [0.4, 0.5) is 0 Å². The highest BCUT2D eigenvalue weighted by Gasteiger charge is 2.38. The number of aliphatic carboxylic acids is 1. The van der Waals surface area contributed by atoms with Gasteiger partial charge >= 0.3 is 5.97 Å². The highest BCUT2D eigenvalue weighted by Crippen LogP contribution is 2.49. The quantitative estimate of drug-likeness (QED) is 0.802. The van der Waals surface area contributed by atoms with Crippen molar-refractivity contribution in [2.45, 2.75) is 57.4 Å². The Labute approximate surface area is 97.8 Å². The van der Waals surface area contributed by atoms with Gasteiger partial charge in [-0.2, -0.15) is 0 Å². The summed E-state index contributed by atoms with van der Waals surface area (Å²) in [6.45, 7) is 0.192. The van der Waals surface area contributed by atoms with Crippen LogP contribution in [0.15, 0.2) is 0 Å². The van der Waals surface area contributed by atoms with Gasteiger partial charge in [0.15, 0.2) is 0 Å². The Kier molecular flexibility index (Phi) is 3.53. The largest absolute Gasteiger partial charge is 0.480 e. The van der Waals surface area contributed by atoms with E-state index in [0.717, 1.165) is 0 Å². The van der Waals surface area contributed by atoms with E-state index in [9.17, 15) is 4.79 Å². The lowest BCUT2D eigenvalue weighted by molar-refractivity contribution is -0.138. The molecule has 16 heavy (non-hydrogen) atoms. The van der Waals surface area contributed by atoms with E-state index in [0.29, 0.717) is 11.5 Å². The van der Waals surface area contributed by atoms with E-state index in [1.807, 2.05) is 11.9 Å². The standard InChI is InChI=1S/C13H23NO2/c1-14(10-12(15)16)11-4-8-13(9-5-11)6-2-3-7-13/h11H,2-10H2,1H3,(H,15,16). The molecule has 0 aliphatic heterocycles. The van der Waals surface area contributed by atoms with Gasteiger partial charge in [-0.15, -0.1) is 0 Å². The average molecular weight is 225 g/mol. The molecule has 0 amide bonds. The third-order valence-electron chi connectivity index (χ3n) is 4.69. The van der Waals surface area contributed by atoms with Gasteiger partial charge in [-0.25, -0.2) is 0 Å². The van der Waals surface area contributed by atoms with Gasteiger partial charge in [0, 0.05) is 6.04 Å². The van der Waals surface area contributed by atoms with Crippen molar-refractivity contribution in [2.75, 3.05) is 13.6 Å². The minimum atomic E-state index is -0.705. The molecule has 3 nitrogen and oxygen atoms in total. The van der Waals surface area contributed by atoms with Crippen molar-refractivity contribution in [3.8, 4) is 0 Å². The van der Waals surface area contributed by atoms with Crippen LogP contribution in [0.1, 0.15) is 51.4 Å². The molecule has 2 fully saturated rings. The minimum absolute atomic E-state index is 0.192. The van der Waals surface area contributed by atoms with Crippen LogP contribution in [0.5, 0.6) is 0 Å². The molecule has 92 valence electrons. The van der Waals surface area contributed by atoms with Crippen molar-refractivity contribution in [1.29, 1.82) is 0 Å². The Hall–Kier alpha value is -0.570. The molecule has 2 saturated carbocycles. The highest BCUT2D eigenvalue weighted by atomic mass is 16.4. The Morgan fingerprint density at radius 3 is 2.31 bits per heavy atom. The lowest BCUT2D eigenvalue weighted by Crippen LogP contribution is -2.40. The predicted molar refractivity (Wildman–Crippen MR) is 63.4 cm³/mol. The SMILES string of the molecule is CN(CC(=O)O)C1CCC2(CCCC2)CC1. The minimum Gasteiger partial charge on any atom is -0.480 e. The lowest BCUT2D eigenvalue weighted by Gasteiger charge is -2.40. The Morgan fingerprint density at radius 1 is 1.25 bits per heavy atom. The molecule has 0 atom stereocenters. The molecule has 0 heterocycles. The zero-order valence-electron chi connectivity index (χ0n) is 10.2. The molecule has 0 aromatic heterocycles. The molecule has 0 bridgehead atoms. The summed E-state index contributed by atoms with van der Waals surface area (Å²) in [6.07, 6.45) is 10.7. The normalized spacial score (nSPS) is 25.4. The molecule has 1 spiro atoms. The molecule has 2 aliphatic rings. The summed E-state index contributed by atoms with van der Waals surface area (Å²) < 4.78 is 0. The third-order valence-corrected chi connectivity index (χ3v) is 4.69. The van der Waals surface area contributed by atoms with Gasteiger partial charge in [-0.05, 0) is 51.0 Å². The average Bonchev–Trinajstić information content (AvgIpc) is 2.66. The maximum Gasteiger partial charge on any atom is 0.317 e. The molecular formula is C13H23NO2. The van der Waals surface area contributed by atoms with Gasteiger partial charge in [0.1, 0.15) is 0 Å². The van der Waals surface area contributed by atoms with E-state index in [1.54, 1.807) is 0 Å². The van der Waals surface area contributed by atoms with Gasteiger partial charge in [0.2, 0.25) is 0 Å². The number of carboxylic acids is 1. The Bertz CT molecular complexity index is 249. The van der Waals surface area contributed by atoms with E-state index < -0.39 is 5.97 Å². The molecule has 2 aliphatic carbocycles. The second-order valence-electron chi connectivity index (χ2n) is 5.75. The molecule has 0 saturated heterocycles. The van der Waals surface area contributed by atoms with Gasteiger partial charge in [-0.3, -0.25) is 9.69 Å². The molecule has 0 aromatic rings. The maximum absolute atomic E-state index is 10.7. The fourth-order valence-corrected chi connectivity index (χ4v) is 3.62. The summed E-state index contributed by atoms with van der Waals surface area (Å²) in [5.74, 6) is -0.705. The first kappa shape index (κ1) is 11.9. The summed E-state index contributed by atoms with van der Waals surface area (Å²) >= 11 is 0.